The quantitative estimate of drug-likeness (QED) is 0.0389. The number of carbonyl (C=O) groups excluding carboxylic acids is 8. The van der Waals surface area contributed by atoms with Gasteiger partial charge in [-0.15, -0.1) is 0 Å². The molecule has 0 radical (unpaired) electrons. The minimum Gasteiger partial charge on any atom is -0.480 e. The third-order valence-electron chi connectivity index (χ3n) is 10.7. The predicted octanol–water partition coefficient (Wildman–Crippen LogP) is -3.91. The number of aliphatic hydroxyl groups is 3. The molecule has 0 unspecified atom stereocenters. The molecule has 12 N–H and O–H groups in total. The number of amides is 8. The summed E-state index contributed by atoms with van der Waals surface area (Å²) in [5.41, 5.74) is 5.82. The molecule has 25 heteroatoms. The number of carbonyl (C=O) groups is 9. The summed E-state index contributed by atoms with van der Waals surface area (Å²) in [7, 11) is 0. The van der Waals surface area contributed by atoms with Crippen LogP contribution < -0.4 is 37.6 Å². The molecule has 12 atom stereocenters. The second-order valence-electron chi connectivity index (χ2n) is 16.5. The van der Waals surface area contributed by atoms with Crippen LogP contribution in [-0.2, 0) is 43.2 Å². The van der Waals surface area contributed by atoms with Crippen LogP contribution in [0.3, 0.4) is 0 Å². The predicted molar refractivity (Wildman–Crippen MR) is 242 cm³/mol. The highest BCUT2D eigenvalue weighted by Crippen LogP contribution is 2.22. The van der Waals surface area contributed by atoms with Crippen molar-refractivity contribution in [1.82, 2.24) is 41.7 Å². The summed E-state index contributed by atoms with van der Waals surface area (Å²) in [6, 6.07) is -11.9. The number of hydrogen-bond donors (Lipinski definition) is 13. The molecule has 0 saturated carbocycles. The molecule has 2 aliphatic rings. The lowest BCUT2D eigenvalue weighted by Gasteiger charge is -2.32. The minimum atomic E-state index is -1.65. The first-order chi connectivity index (χ1) is 30.0. The summed E-state index contributed by atoms with van der Waals surface area (Å²) < 4.78 is 0. The van der Waals surface area contributed by atoms with E-state index in [1.165, 1.54) is 37.4 Å². The number of carboxylic acid groups (broad SMARTS) is 1. The van der Waals surface area contributed by atoms with Crippen LogP contribution in [0.2, 0.25) is 0 Å². The van der Waals surface area contributed by atoms with E-state index in [0.717, 1.165) is 4.90 Å². The van der Waals surface area contributed by atoms with Crippen LogP contribution in [0.25, 0.3) is 0 Å². The van der Waals surface area contributed by atoms with Crippen molar-refractivity contribution >= 4 is 90.2 Å². The number of thioether (sulfide) groups is 1. The maximum Gasteiger partial charge on any atom is 0.327 e. The van der Waals surface area contributed by atoms with Crippen molar-refractivity contribution in [3.8, 4) is 0 Å². The average molecular weight is 966 g/mol. The number of nitrogens with one attached hydrogen (secondary N) is 6. The van der Waals surface area contributed by atoms with E-state index in [1.54, 1.807) is 6.26 Å². The van der Waals surface area contributed by atoms with Gasteiger partial charge >= 0.3 is 5.97 Å². The molecule has 2 aliphatic heterocycles. The molecule has 0 aromatic carbocycles. The number of likely N-dealkylation sites (tertiary alicyclic amines) is 2. The van der Waals surface area contributed by atoms with E-state index in [0.29, 0.717) is 18.6 Å². The van der Waals surface area contributed by atoms with Gasteiger partial charge in [0.1, 0.15) is 48.3 Å². The van der Waals surface area contributed by atoms with Crippen molar-refractivity contribution < 1.29 is 63.6 Å². The molecule has 22 nitrogen and oxygen atoms in total. The van der Waals surface area contributed by atoms with Gasteiger partial charge in [-0.1, -0.05) is 13.8 Å². The normalized spacial score (nSPS) is 20.9. The minimum absolute atomic E-state index is 0.00181. The monoisotopic (exact) mass is 965 g/mol. The second-order valence-corrected chi connectivity index (χ2v) is 18.2. The van der Waals surface area contributed by atoms with Crippen molar-refractivity contribution in [1.29, 1.82) is 0 Å². The number of aliphatic carboxylic acids is 1. The summed E-state index contributed by atoms with van der Waals surface area (Å²) in [6.07, 6.45) is -1.46. The SMILES string of the molecule is CSCC[C@H](NC(=O)[C@@H](NC(=O)[C@@H]1CCCN1C(=O)[C@H](CC(C)C)NC(=O)[C@@H](N)CS)[C@@H](C)O)C(=O)N[C@H](C(=O)N1CCC[C@H]1C(=O)N[C@H](C(=O)N[C@@H](CS)C(=O)O)[C@@H](C)O)[C@@H](C)O. The van der Waals surface area contributed by atoms with E-state index in [4.69, 9.17) is 5.73 Å². The van der Waals surface area contributed by atoms with Gasteiger partial charge in [-0.05, 0) is 77.2 Å². The van der Waals surface area contributed by atoms with E-state index in [9.17, 15) is 63.6 Å². The van der Waals surface area contributed by atoms with Crippen LogP contribution in [0.5, 0.6) is 0 Å². The smallest absolute Gasteiger partial charge is 0.327 e. The molecular weight excluding hydrogens is 899 g/mol. The number of thiol groups is 2. The lowest BCUT2D eigenvalue weighted by Crippen LogP contribution is -2.63. The Bertz CT molecular complexity index is 1660. The number of nitrogens with two attached hydrogens (primary N) is 1. The fourth-order valence-electron chi connectivity index (χ4n) is 7.20. The van der Waals surface area contributed by atoms with Gasteiger partial charge < -0.3 is 67.9 Å². The van der Waals surface area contributed by atoms with Crippen LogP contribution in [0, 0.1) is 5.92 Å². The Morgan fingerprint density at radius 1 is 0.625 bits per heavy atom. The Kier molecular flexibility index (Phi) is 23.7. The highest BCUT2D eigenvalue weighted by molar-refractivity contribution is 7.98. The number of carboxylic acids is 1. The largest absolute Gasteiger partial charge is 0.480 e. The van der Waals surface area contributed by atoms with Crippen LogP contribution in [0.15, 0.2) is 0 Å². The molecule has 2 saturated heterocycles. The molecular formula is C39H67N9O13S3. The van der Waals surface area contributed by atoms with Gasteiger partial charge in [0, 0.05) is 24.6 Å². The summed E-state index contributed by atoms with van der Waals surface area (Å²) in [4.78, 5) is 122. The average Bonchev–Trinajstić information content (AvgIpc) is 3.93. The molecule has 0 bridgehead atoms. The molecule has 0 aromatic heterocycles. The standard InChI is InChI=1S/C39H67N9O13S3/c1-18(2)15-24(42-31(52)22(40)16-62)37(58)47-12-7-9-26(47)33(54)44-28(19(3)49)35(56)41-23(11-14-64-6)32(53)46-30(21(5)51)38(59)48-13-8-10-27(48)34(55)45-29(20(4)50)36(57)43-25(17-63)39(60)61/h18-30,49-51,62-63H,7-17,40H2,1-6H3,(H,41,56)(H,42,52)(H,43,57)(H,44,54)(H,45,55)(H,46,53)(H,60,61)/t19-,20-,21-,22+,23+,24+,25+,26+,27+,28+,29+,30+/m1/s1. The number of rotatable bonds is 25. The van der Waals surface area contributed by atoms with Gasteiger partial charge in [0.25, 0.3) is 0 Å². The zero-order valence-corrected chi connectivity index (χ0v) is 39.6. The van der Waals surface area contributed by atoms with Crippen molar-refractivity contribution in [2.24, 2.45) is 11.7 Å². The van der Waals surface area contributed by atoms with E-state index >= 15 is 0 Å². The van der Waals surface area contributed by atoms with Crippen LogP contribution in [0.4, 0.5) is 0 Å². The summed E-state index contributed by atoms with van der Waals surface area (Å²) in [5.74, 6) is -7.83. The third-order valence-corrected chi connectivity index (χ3v) is 12.1. The molecule has 8 amide bonds. The zero-order valence-electron chi connectivity index (χ0n) is 37.0. The van der Waals surface area contributed by atoms with Crippen molar-refractivity contribution in [3.63, 3.8) is 0 Å². The first-order valence-corrected chi connectivity index (χ1v) is 23.8. The number of hydrogen-bond acceptors (Lipinski definition) is 16. The lowest BCUT2D eigenvalue weighted by atomic mass is 10.0. The van der Waals surface area contributed by atoms with Gasteiger partial charge in [-0.25, -0.2) is 4.79 Å². The van der Waals surface area contributed by atoms with Crippen LogP contribution in [-0.4, -0.2) is 193 Å². The lowest BCUT2D eigenvalue weighted by molar-refractivity contribution is -0.145. The fourth-order valence-corrected chi connectivity index (χ4v) is 8.09. The number of nitrogens with zero attached hydrogens (tertiary/aromatic N) is 2. The van der Waals surface area contributed by atoms with Gasteiger partial charge in [0.15, 0.2) is 0 Å². The van der Waals surface area contributed by atoms with Crippen molar-refractivity contribution in [2.45, 2.75) is 146 Å². The highest BCUT2D eigenvalue weighted by Gasteiger charge is 2.43. The van der Waals surface area contributed by atoms with Gasteiger partial charge in [0.05, 0.1) is 24.4 Å². The first-order valence-electron chi connectivity index (χ1n) is 21.2. The third kappa shape index (κ3) is 16.2. The molecule has 64 heavy (non-hydrogen) atoms. The highest BCUT2D eigenvalue weighted by atomic mass is 32.2. The maximum absolute atomic E-state index is 14.0. The molecule has 0 aromatic rings. The number of aliphatic hydroxyl groups excluding tert-OH is 3. The van der Waals surface area contributed by atoms with E-state index in [-0.39, 0.29) is 56.2 Å². The Morgan fingerprint density at radius 2 is 1.08 bits per heavy atom. The molecule has 0 spiro atoms. The van der Waals surface area contributed by atoms with Crippen molar-refractivity contribution in [2.75, 3.05) is 36.6 Å². The van der Waals surface area contributed by atoms with E-state index in [2.05, 4.69) is 57.2 Å². The summed E-state index contributed by atoms with van der Waals surface area (Å²) in [5, 5.41) is 55.7. The molecule has 2 rings (SSSR count). The fraction of sp³-hybridized carbons (Fsp3) is 0.769. The first kappa shape index (κ1) is 56.2. The van der Waals surface area contributed by atoms with Crippen LogP contribution >= 0.6 is 37.0 Å². The molecule has 0 aliphatic carbocycles. The van der Waals surface area contributed by atoms with E-state index < -0.39 is 126 Å². The van der Waals surface area contributed by atoms with Crippen molar-refractivity contribution in [3.05, 3.63) is 0 Å². The topological polar surface area (TPSA) is 339 Å². The molecule has 364 valence electrons. The second kappa shape index (κ2) is 26.9. The van der Waals surface area contributed by atoms with Gasteiger partial charge in [-0.2, -0.15) is 37.0 Å². The Morgan fingerprint density at radius 3 is 1.48 bits per heavy atom. The summed E-state index contributed by atoms with van der Waals surface area (Å²) in [6.45, 7) is 7.58. The maximum atomic E-state index is 14.0. The van der Waals surface area contributed by atoms with Gasteiger partial charge in [-0.3, -0.25) is 38.4 Å². The molecule has 2 fully saturated rings. The van der Waals surface area contributed by atoms with E-state index in [1.807, 2.05) is 13.8 Å². The zero-order chi connectivity index (χ0) is 48.6. The van der Waals surface area contributed by atoms with Gasteiger partial charge in [0.2, 0.25) is 47.3 Å². The molecule has 2 heterocycles. The Hall–Kier alpha value is -3.88. The summed E-state index contributed by atoms with van der Waals surface area (Å²) >= 11 is 9.27. The van der Waals surface area contributed by atoms with Crippen LogP contribution in [0.1, 0.15) is 73.1 Å². The Labute approximate surface area is 388 Å². The Balaban J connectivity index is 2.25.